The molecule has 0 aromatic carbocycles. The van der Waals surface area contributed by atoms with Crippen LogP contribution in [0.3, 0.4) is 0 Å². The summed E-state index contributed by atoms with van der Waals surface area (Å²) in [6, 6.07) is 5.98. The minimum atomic E-state index is -2.53. The van der Waals surface area contributed by atoms with Crippen molar-refractivity contribution in [1.29, 1.82) is 10.5 Å². The van der Waals surface area contributed by atoms with E-state index in [0.29, 0.717) is 42.8 Å². The van der Waals surface area contributed by atoms with Crippen molar-refractivity contribution in [3.05, 3.63) is 47.6 Å². The number of ether oxygens (including phenoxy) is 1. The second kappa shape index (κ2) is 11.2. The standard InChI is InChI=1S/C27H30F2N8O2/c1-17-22(18-9-23(39-4)25-20(12-31)13-33-36(25)16-18)14-34-37(17)21-5-7-35(8-6-21)26(38)19(11-30)10-27(2,3)32-15-24(28)29/h9-10,13-14,16,21,24,32H,5-8,15H2,1-4H3. The number of nitrogens with zero attached hydrogens (tertiary/aromatic N) is 7. The molecule has 39 heavy (non-hydrogen) atoms. The van der Waals surface area contributed by atoms with E-state index in [0.717, 1.165) is 16.8 Å². The third kappa shape index (κ3) is 5.76. The molecule has 1 amide bonds. The summed E-state index contributed by atoms with van der Waals surface area (Å²) in [6.07, 6.45) is 5.29. The molecule has 0 spiro atoms. The van der Waals surface area contributed by atoms with E-state index in [-0.39, 0.29) is 11.6 Å². The lowest BCUT2D eigenvalue weighted by Crippen LogP contribution is -2.43. The summed E-state index contributed by atoms with van der Waals surface area (Å²) in [5, 5.41) is 30.5. The first kappa shape index (κ1) is 27.7. The zero-order valence-electron chi connectivity index (χ0n) is 22.3. The van der Waals surface area contributed by atoms with Crippen LogP contribution in [-0.4, -0.2) is 68.9 Å². The first-order chi connectivity index (χ1) is 18.6. The van der Waals surface area contributed by atoms with Gasteiger partial charge in [0.1, 0.15) is 34.5 Å². The van der Waals surface area contributed by atoms with Crippen molar-refractivity contribution in [2.45, 2.75) is 51.6 Å². The summed E-state index contributed by atoms with van der Waals surface area (Å²) in [5.74, 6) is 0.131. The maximum atomic E-state index is 13.0. The molecule has 1 fully saturated rings. The lowest BCUT2D eigenvalue weighted by molar-refractivity contribution is -0.128. The molecular formula is C27H30F2N8O2. The molecule has 3 aromatic heterocycles. The molecule has 0 unspecified atom stereocenters. The van der Waals surface area contributed by atoms with Crippen LogP contribution < -0.4 is 10.1 Å². The van der Waals surface area contributed by atoms with E-state index in [1.807, 2.05) is 29.9 Å². The molecule has 1 N–H and O–H groups in total. The van der Waals surface area contributed by atoms with Gasteiger partial charge < -0.3 is 15.0 Å². The smallest absolute Gasteiger partial charge is 0.264 e. The van der Waals surface area contributed by atoms with Gasteiger partial charge in [0, 0.05) is 41.6 Å². The predicted octanol–water partition coefficient (Wildman–Crippen LogP) is 3.63. The average molecular weight is 537 g/mol. The zero-order chi connectivity index (χ0) is 28.3. The first-order valence-corrected chi connectivity index (χ1v) is 12.5. The van der Waals surface area contributed by atoms with Crippen molar-refractivity contribution in [2.24, 2.45) is 0 Å². The highest BCUT2D eigenvalue weighted by atomic mass is 19.3. The van der Waals surface area contributed by atoms with Gasteiger partial charge in [-0.3, -0.25) is 9.48 Å². The van der Waals surface area contributed by atoms with Gasteiger partial charge in [-0.1, -0.05) is 0 Å². The van der Waals surface area contributed by atoms with Crippen molar-refractivity contribution >= 4 is 11.4 Å². The maximum absolute atomic E-state index is 13.0. The lowest BCUT2D eigenvalue weighted by Gasteiger charge is -2.33. The molecule has 0 bridgehead atoms. The lowest BCUT2D eigenvalue weighted by atomic mass is 9.99. The Labute approximate surface area is 225 Å². The third-order valence-electron chi connectivity index (χ3n) is 6.94. The van der Waals surface area contributed by atoms with Crippen LogP contribution in [0.4, 0.5) is 8.78 Å². The summed E-state index contributed by atoms with van der Waals surface area (Å²) in [4.78, 5) is 14.7. The van der Waals surface area contributed by atoms with Crippen molar-refractivity contribution in [2.75, 3.05) is 26.7 Å². The molecule has 1 aliphatic heterocycles. The van der Waals surface area contributed by atoms with Crippen molar-refractivity contribution in [1.82, 2.24) is 29.6 Å². The fraction of sp³-hybridized carbons (Fsp3) is 0.444. The highest BCUT2D eigenvalue weighted by Crippen LogP contribution is 2.33. The van der Waals surface area contributed by atoms with Crippen LogP contribution in [0.15, 0.2) is 36.3 Å². The number of nitrogens with one attached hydrogen (secondary N) is 1. The van der Waals surface area contributed by atoms with Crippen molar-refractivity contribution in [3.8, 4) is 29.0 Å². The van der Waals surface area contributed by atoms with Gasteiger partial charge in [-0.15, -0.1) is 0 Å². The molecule has 0 atom stereocenters. The fourth-order valence-electron chi connectivity index (χ4n) is 4.92. The second-order valence-electron chi connectivity index (χ2n) is 10.0. The quantitative estimate of drug-likeness (QED) is 0.344. The number of nitriles is 2. The van der Waals surface area contributed by atoms with E-state index in [1.54, 1.807) is 36.6 Å². The number of piperidine rings is 1. The van der Waals surface area contributed by atoms with E-state index >= 15 is 0 Å². The van der Waals surface area contributed by atoms with Crippen LogP contribution in [0.1, 0.15) is 44.0 Å². The fourth-order valence-corrected chi connectivity index (χ4v) is 4.92. The van der Waals surface area contributed by atoms with Gasteiger partial charge >= 0.3 is 0 Å². The summed E-state index contributed by atoms with van der Waals surface area (Å²) >= 11 is 0. The Morgan fingerprint density at radius 2 is 2.00 bits per heavy atom. The van der Waals surface area contributed by atoms with Gasteiger partial charge in [-0.25, -0.2) is 13.3 Å². The molecule has 0 aliphatic carbocycles. The summed E-state index contributed by atoms with van der Waals surface area (Å²) < 4.78 is 34.3. The average Bonchev–Trinajstić information content (AvgIpc) is 3.53. The van der Waals surface area contributed by atoms with Crippen LogP contribution in [0, 0.1) is 29.6 Å². The number of hydrogen-bond acceptors (Lipinski definition) is 7. The van der Waals surface area contributed by atoms with E-state index in [2.05, 4.69) is 21.6 Å². The second-order valence-corrected chi connectivity index (χ2v) is 10.0. The number of amides is 1. The molecule has 204 valence electrons. The van der Waals surface area contributed by atoms with Gasteiger partial charge in [-0.2, -0.15) is 20.7 Å². The topological polar surface area (TPSA) is 124 Å². The number of hydrogen-bond donors (Lipinski definition) is 1. The number of rotatable bonds is 8. The first-order valence-electron chi connectivity index (χ1n) is 12.5. The van der Waals surface area contributed by atoms with Crippen LogP contribution in [0.25, 0.3) is 16.6 Å². The van der Waals surface area contributed by atoms with Gasteiger partial charge in [0.15, 0.2) is 0 Å². The number of likely N-dealkylation sites (tertiary alicyclic amines) is 1. The number of pyridine rings is 1. The van der Waals surface area contributed by atoms with Crippen LogP contribution in [-0.2, 0) is 4.79 Å². The molecule has 4 heterocycles. The van der Waals surface area contributed by atoms with Gasteiger partial charge in [0.25, 0.3) is 12.3 Å². The number of carbonyl (C=O) groups excluding carboxylic acids is 1. The van der Waals surface area contributed by atoms with E-state index in [9.17, 15) is 24.1 Å². The minimum absolute atomic E-state index is 0.0574. The largest absolute Gasteiger partial charge is 0.494 e. The van der Waals surface area contributed by atoms with E-state index in [1.165, 1.54) is 12.3 Å². The highest BCUT2D eigenvalue weighted by molar-refractivity contribution is 5.97. The molecule has 3 aromatic rings. The van der Waals surface area contributed by atoms with Crippen LogP contribution in [0.2, 0.25) is 0 Å². The summed E-state index contributed by atoms with van der Waals surface area (Å²) in [5.41, 5.74) is 2.71. The molecule has 10 nitrogen and oxygen atoms in total. The molecular weight excluding hydrogens is 506 g/mol. The Morgan fingerprint density at radius 3 is 2.62 bits per heavy atom. The molecule has 0 saturated carbocycles. The molecule has 12 heteroatoms. The SMILES string of the molecule is COc1cc(-c2cnn(C3CCN(C(=O)C(C#N)=CC(C)(C)NCC(F)F)CC3)c2C)cn2ncc(C#N)c12. The Balaban J connectivity index is 1.48. The van der Waals surface area contributed by atoms with Gasteiger partial charge in [0.05, 0.1) is 32.1 Å². The minimum Gasteiger partial charge on any atom is -0.494 e. The highest BCUT2D eigenvalue weighted by Gasteiger charge is 2.29. The molecule has 4 rings (SSSR count). The van der Waals surface area contributed by atoms with Crippen molar-refractivity contribution in [3.63, 3.8) is 0 Å². The van der Waals surface area contributed by atoms with E-state index in [4.69, 9.17) is 4.74 Å². The number of methoxy groups -OCH3 is 1. The molecule has 1 saturated heterocycles. The number of halogens is 2. The third-order valence-corrected chi connectivity index (χ3v) is 6.94. The predicted molar refractivity (Wildman–Crippen MR) is 139 cm³/mol. The van der Waals surface area contributed by atoms with Crippen LogP contribution >= 0.6 is 0 Å². The number of carbonyl (C=O) groups is 1. The number of aromatic nitrogens is 4. The number of fused-ring (bicyclic) bond motifs is 1. The van der Waals surface area contributed by atoms with Gasteiger partial charge in [-0.05, 0) is 45.8 Å². The van der Waals surface area contributed by atoms with E-state index < -0.39 is 24.4 Å². The normalized spacial score (nSPS) is 15.0. The Bertz CT molecular complexity index is 1480. The van der Waals surface area contributed by atoms with Gasteiger partial charge in [0.2, 0.25) is 0 Å². The Kier molecular flexibility index (Phi) is 7.98. The zero-order valence-corrected chi connectivity index (χ0v) is 22.3. The molecule has 0 radical (unpaired) electrons. The maximum Gasteiger partial charge on any atom is 0.264 e. The Morgan fingerprint density at radius 1 is 1.28 bits per heavy atom. The monoisotopic (exact) mass is 536 g/mol. The van der Waals surface area contributed by atoms with Crippen LogP contribution in [0.5, 0.6) is 5.75 Å². The molecule has 1 aliphatic rings. The van der Waals surface area contributed by atoms with Crippen molar-refractivity contribution < 1.29 is 18.3 Å². The summed E-state index contributed by atoms with van der Waals surface area (Å²) in [7, 11) is 1.55. The number of alkyl halides is 2. The summed E-state index contributed by atoms with van der Waals surface area (Å²) in [6.45, 7) is 5.61. The Hall–Kier alpha value is -4.29.